The molecular formula is C29H40O3. The van der Waals surface area contributed by atoms with Gasteiger partial charge < -0.3 is 14.2 Å². The van der Waals surface area contributed by atoms with Crippen LogP contribution in [0.2, 0.25) is 0 Å². The Balaban J connectivity index is 1.44. The summed E-state index contributed by atoms with van der Waals surface area (Å²) in [6, 6.07) is 16.9. The number of rotatable bonds is 13. The summed E-state index contributed by atoms with van der Waals surface area (Å²) in [4.78, 5) is 0. The molecule has 0 unspecified atom stereocenters. The van der Waals surface area contributed by atoms with Crippen molar-refractivity contribution < 1.29 is 14.2 Å². The number of benzene rings is 2. The molecule has 0 spiro atoms. The molecule has 1 saturated heterocycles. The van der Waals surface area contributed by atoms with Crippen LogP contribution in [0, 0.1) is 11.8 Å². The minimum absolute atomic E-state index is 0.250. The van der Waals surface area contributed by atoms with Crippen molar-refractivity contribution in [1.29, 1.82) is 0 Å². The first-order valence-electron chi connectivity index (χ1n) is 12.4. The molecule has 174 valence electrons. The molecule has 1 aliphatic rings. The Labute approximate surface area is 194 Å². The van der Waals surface area contributed by atoms with E-state index in [2.05, 4.69) is 69.0 Å². The predicted octanol–water partition coefficient (Wildman–Crippen LogP) is 7.97. The summed E-state index contributed by atoms with van der Waals surface area (Å²) in [5.74, 6) is 2.23. The smallest absolute Gasteiger partial charge is 0.183 e. The summed E-state index contributed by atoms with van der Waals surface area (Å²) in [6.07, 6.45) is 10.00. The highest BCUT2D eigenvalue weighted by Crippen LogP contribution is 2.29. The Morgan fingerprint density at radius 1 is 0.969 bits per heavy atom. The molecule has 0 saturated carbocycles. The third-order valence-electron chi connectivity index (χ3n) is 6.41. The monoisotopic (exact) mass is 436 g/mol. The average molecular weight is 437 g/mol. The summed E-state index contributed by atoms with van der Waals surface area (Å²) in [7, 11) is 0. The Morgan fingerprint density at radius 2 is 1.62 bits per heavy atom. The van der Waals surface area contributed by atoms with Crippen LogP contribution >= 0.6 is 0 Å². The molecule has 0 amide bonds. The summed E-state index contributed by atoms with van der Waals surface area (Å²) >= 11 is 0. The molecule has 32 heavy (non-hydrogen) atoms. The van der Waals surface area contributed by atoms with Gasteiger partial charge in [-0.3, -0.25) is 0 Å². The maximum absolute atomic E-state index is 6.00. The van der Waals surface area contributed by atoms with Gasteiger partial charge in [-0.05, 0) is 61.3 Å². The van der Waals surface area contributed by atoms with Crippen LogP contribution in [0.4, 0.5) is 0 Å². The Kier molecular flexibility index (Phi) is 10.3. The highest BCUT2D eigenvalue weighted by Gasteiger charge is 2.23. The van der Waals surface area contributed by atoms with Crippen LogP contribution in [0.25, 0.3) is 11.1 Å². The van der Waals surface area contributed by atoms with E-state index >= 15 is 0 Å². The Morgan fingerprint density at radius 3 is 2.25 bits per heavy atom. The van der Waals surface area contributed by atoms with E-state index in [0.717, 1.165) is 56.3 Å². The number of hydrogen-bond acceptors (Lipinski definition) is 3. The minimum atomic E-state index is -0.250. The lowest BCUT2D eigenvalue weighted by Crippen LogP contribution is -2.27. The van der Waals surface area contributed by atoms with Crippen molar-refractivity contribution in [3.8, 4) is 16.9 Å². The maximum atomic E-state index is 6.00. The fourth-order valence-electron chi connectivity index (χ4n) is 4.03. The fraction of sp³-hybridized carbons (Fsp3) is 0.517. The fourth-order valence-corrected chi connectivity index (χ4v) is 4.03. The topological polar surface area (TPSA) is 27.7 Å². The Bertz CT molecular complexity index is 773. The van der Waals surface area contributed by atoms with Gasteiger partial charge in [0.2, 0.25) is 0 Å². The van der Waals surface area contributed by atoms with Gasteiger partial charge >= 0.3 is 0 Å². The standard InChI is InChI=1S/C29H40O3/c1-4-6-7-8-11-24-21-31-29(32-22-24)27-14-12-25(13-15-27)26-16-18-28(19-17-26)30-20-9-10-23(3)5-2/h4,12-19,23-24,29H,1,5-11,20-22H2,2-3H3/t23-,24?,29?/m0/s1. The van der Waals surface area contributed by atoms with E-state index in [1.807, 2.05) is 6.08 Å². The largest absolute Gasteiger partial charge is 0.494 e. The number of ether oxygens (including phenoxy) is 3. The van der Waals surface area contributed by atoms with Gasteiger partial charge in [0.15, 0.2) is 6.29 Å². The van der Waals surface area contributed by atoms with Crippen LogP contribution in [0.15, 0.2) is 61.2 Å². The van der Waals surface area contributed by atoms with Gasteiger partial charge in [-0.25, -0.2) is 0 Å². The molecule has 3 nitrogen and oxygen atoms in total. The zero-order valence-electron chi connectivity index (χ0n) is 19.9. The Hall–Kier alpha value is -2.10. The number of allylic oxidation sites excluding steroid dienone is 1. The second-order valence-electron chi connectivity index (χ2n) is 9.09. The van der Waals surface area contributed by atoms with E-state index in [0.29, 0.717) is 5.92 Å². The van der Waals surface area contributed by atoms with Crippen molar-refractivity contribution in [3.05, 3.63) is 66.7 Å². The molecule has 0 aliphatic carbocycles. The summed E-state index contributed by atoms with van der Waals surface area (Å²) < 4.78 is 17.9. The van der Waals surface area contributed by atoms with E-state index in [1.165, 1.54) is 36.8 Å². The molecule has 0 bridgehead atoms. The zero-order chi connectivity index (χ0) is 22.6. The molecule has 0 N–H and O–H groups in total. The third-order valence-corrected chi connectivity index (χ3v) is 6.41. The number of unbranched alkanes of at least 4 members (excludes halogenated alkanes) is 2. The van der Waals surface area contributed by atoms with E-state index < -0.39 is 0 Å². The second-order valence-corrected chi connectivity index (χ2v) is 9.09. The van der Waals surface area contributed by atoms with Crippen molar-refractivity contribution in [2.45, 2.75) is 65.1 Å². The van der Waals surface area contributed by atoms with Crippen molar-refractivity contribution >= 4 is 0 Å². The molecule has 2 aromatic rings. The van der Waals surface area contributed by atoms with Crippen molar-refractivity contribution in [1.82, 2.24) is 0 Å². The van der Waals surface area contributed by atoms with E-state index in [9.17, 15) is 0 Å². The van der Waals surface area contributed by atoms with E-state index in [-0.39, 0.29) is 6.29 Å². The highest BCUT2D eigenvalue weighted by molar-refractivity contribution is 5.64. The third kappa shape index (κ3) is 7.79. The molecule has 1 atom stereocenters. The van der Waals surface area contributed by atoms with Crippen LogP contribution in [-0.4, -0.2) is 19.8 Å². The van der Waals surface area contributed by atoms with Gasteiger partial charge in [-0.1, -0.05) is 69.2 Å². The lowest BCUT2D eigenvalue weighted by atomic mass is 10.0. The second kappa shape index (κ2) is 13.4. The van der Waals surface area contributed by atoms with Gasteiger partial charge in [0, 0.05) is 11.5 Å². The molecule has 0 radical (unpaired) electrons. The first-order valence-corrected chi connectivity index (χ1v) is 12.4. The molecule has 1 fully saturated rings. The zero-order valence-corrected chi connectivity index (χ0v) is 19.9. The molecular weight excluding hydrogens is 396 g/mol. The molecule has 3 rings (SSSR count). The van der Waals surface area contributed by atoms with Gasteiger partial charge in [0.25, 0.3) is 0 Å². The normalized spacial score (nSPS) is 19.4. The van der Waals surface area contributed by atoms with Crippen LogP contribution < -0.4 is 4.74 Å². The van der Waals surface area contributed by atoms with Crippen molar-refractivity contribution in [3.63, 3.8) is 0 Å². The molecule has 0 aromatic heterocycles. The van der Waals surface area contributed by atoms with Crippen molar-refractivity contribution in [2.24, 2.45) is 11.8 Å². The van der Waals surface area contributed by atoms with Gasteiger partial charge in [0.05, 0.1) is 19.8 Å². The minimum Gasteiger partial charge on any atom is -0.494 e. The van der Waals surface area contributed by atoms with Crippen LogP contribution in [0.5, 0.6) is 5.75 Å². The van der Waals surface area contributed by atoms with Gasteiger partial charge in [-0.2, -0.15) is 0 Å². The van der Waals surface area contributed by atoms with Crippen LogP contribution in [-0.2, 0) is 9.47 Å². The first-order chi connectivity index (χ1) is 15.7. The lowest BCUT2D eigenvalue weighted by molar-refractivity contribution is -0.206. The maximum Gasteiger partial charge on any atom is 0.183 e. The molecule has 2 aromatic carbocycles. The highest BCUT2D eigenvalue weighted by atomic mass is 16.7. The van der Waals surface area contributed by atoms with Crippen LogP contribution in [0.1, 0.15) is 70.6 Å². The average Bonchev–Trinajstić information content (AvgIpc) is 2.85. The lowest BCUT2D eigenvalue weighted by Gasteiger charge is -2.29. The first kappa shape index (κ1) is 24.5. The van der Waals surface area contributed by atoms with E-state index in [4.69, 9.17) is 14.2 Å². The summed E-state index contributed by atoms with van der Waals surface area (Å²) in [5, 5.41) is 0. The SMILES string of the molecule is C=CCCCCC1COC(c2ccc(-c3ccc(OCCC[C@@H](C)CC)cc3)cc2)OC1. The van der Waals surface area contributed by atoms with Gasteiger partial charge in [-0.15, -0.1) is 6.58 Å². The molecule has 1 aliphatic heterocycles. The van der Waals surface area contributed by atoms with Gasteiger partial charge in [0.1, 0.15) is 5.75 Å². The predicted molar refractivity (Wildman–Crippen MR) is 133 cm³/mol. The van der Waals surface area contributed by atoms with Crippen LogP contribution in [0.3, 0.4) is 0 Å². The quantitative estimate of drug-likeness (QED) is 0.235. The van der Waals surface area contributed by atoms with Crippen molar-refractivity contribution in [2.75, 3.05) is 19.8 Å². The molecule has 3 heteroatoms. The summed E-state index contributed by atoms with van der Waals surface area (Å²) in [5.41, 5.74) is 3.46. The number of hydrogen-bond donors (Lipinski definition) is 0. The summed E-state index contributed by atoms with van der Waals surface area (Å²) in [6.45, 7) is 10.7. The van der Waals surface area contributed by atoms with E-state index in [1.54, 1.807) is 0 Å². The molecule has 1 heterocycles.